The van der Waals surface area contributed by atoms with E-state index in [2.05, 4.69) is 15.0 Å². The molecular formula is C13H14N2O3S. The smallest absolute Gasteiger partial charge is 0.311 e. The molecule has 5 nitrogen and oxygen atoms in total. The first-order chi connectivity index (χ1) is 9.22. The van der Waals surface area contributed by atoms with Crippen molar-refractivity contribution in [1.29, 1.82) is 0 Å². The van der Waals surface area contributed by atoms with Gasteiger partial charge >= 0.3 is 5.97 Å². The van der Waals surface area contributed by atoms with Gasteiger partial charge in [-0.1, -0.05) is 12.1 Å². The molecule has 0 saturated heterocycles. The number of hydrogen-bond acceptors (Lipinski definition) is 6. The van der Waals surface area contributed by atoms with E-state index < -0.39 is 0 Å². The Morgan fingerprint density at radius 1 is 1.37 bits per heavy atom. The second-order valence-electron chi connectivity index (χ2n) is 3.72. The molecule has 1 heterocycles. The summed E-state index contributed by atoms with van der Waals surface area (Å²) in [5, 5.41) is 5.70. The van der Waals surface area contributed by atoms with Crippen LogP contribution in [0.4, 0.5) is 10.8 Å². The maximum Gasteiger partial charge on any atom is 0.311 e. The molecule has 0 aliphatic heterocycles. The maximum absolute atomic E-state index is 11.2. The molecule has 19 heavy (non-hydrogen) atoms. The quantitative estimate of drug-likeness (QED) is 0.852. The summed E-state index contributed by atoms with van der Waals surface area (Å²) in [6.45, 7) is 0. The number of hydrogen-bond donors (Lipinski definition) is 1. The van der Waals surface area contributed by atoms with E-state index in [1.54, 1.807) is 7.11 Å². The van der Waals surface area contributed by atoms with Crippen LogP contribution in [0.1, 0.15) is 5.69 Å². The van der Waals surface area contributed by atoms with Crippen LogP contribution in [0.2, 0.25) is 0 Å². The van der Waals surface area contributed by atoms with Crippen molar-refractivity contribution in [3.05, 3.63) is 35.3 Å². The number of anilines is 2. The Labute approximate surface area is 115 Å². The highest BCUT2D eigenvalue weighted by Gasteiger charge is 2.09. The molecule has 2 rings (SSSR count). The van der Waals surface area contributed by atoms with Gasteiger partial charge in [0.2, 0.25) is 0 Å². The zero-order chi connectivity index (χ0) is 13.7. The van der Waals surface area contributed by atoms with Crippen LogP contribution in [0.3, 0.4) is 0 Å². The molecular weight excluding hydrogens is 264 g/mol. The van der Waals surface area contributed by atoms with E-state index in [4.69, 9.17) is 4.74 Å². The van der Waals surface area contributed by atoms with Crippen molar-refractivity contribution in [3.63, 3.8) is 0 Å². The zero-order valence-corrected chi connectivity index (χ0v) is 11.5. The normalized spacial score (nSPS) is 10.0. The van der Waals surface area contributed by atoms with Crippen LogP contribution in [0.25, 0.3) is 0 Å². The fraction of sp³-hybridized carbons (Fsp3) is 0.231. The van der Waals surface area contributed by atoms with E-state index in [0.717, 1.165) is 11.4 Å². The fourth-order valence-corrected chi connectivity index (χ4v) is 2.25. The number of carbonyl (C=O) groups excluding carboxylic acids is 1. The van der Waals surface area contributed by atoms with Crippen molar-refractivity contribution >= 4 is 28.1 Å². The molecule has 1 N–H and O–H groups in total. The van der Waals surface area contributed by atoms with Crippen LogP contribution >= 0.6 is 11.3 Å². The Balaban J connectivity index is 2.09. The first-order valence-corrected chi connectivity index (χ1v) is 6.52. The van der Waals surface area contributed by atoms with Crippen LogP contribution in [-0.4, -0.2) is 25.2 Å². The van der Waals surface area contributed by atoms with E-state index in [-0.39, 0.29) is 12.4 Å². The van der Waals surface area contributed by atoms with Gasteiger partial charge in [0.1, 0.15) is 5.75 Å². The second-order valence-corrected chi connectivity index (χ2v) is 4.58. The summed E-state index contributed by atoms with van der Waals surface area (Å²) in [6, 6.07) is 7.58. The topological polar surface area (TPSA) is 60.5 Å². The van der Waals surface area contributed by atoms with Crippen LogP contribution < -0.4 is 10.1 Å². The van der Waals surface area contributed by atoms with Gasteiger partial charge < -0.3 is 14.8 Å². The van der Waals surface area contributed by atoms with Gasteiger partial charge in [-0.05, 0) is 12.1 Å². The molecule has 0 fully saturated rings. The van der Waals surface area contributed by atoms with Gasteiger partial charge in [0, 0.05) is 5.38 Å². The minimum Gasteiger partial charge on any atom is -0.495 e. The molecule has 0 radical (unpaired) electrons. The first-order valence-electron chi connectivity index (χ1n) is 5.64. The van der Waals surface area contributed by atoms with Crippen molar-refractivity contribution in [1.82, 2.24) is 4.98 Å². The fourth-order valence-electron chi connectivity index (χ4n) is 1.53. The lowest BCUT2D eigenvalue weighted by atomic mass is 10.3. The van der Waals surface area contributed by atoms with Gasteiger partial charge in [-0.25, -0.2) is 4.98 Å². The van der Waals surface area contributed by atoms with Gasteiger partial charge in [-0.3, -0.25) is 4.79 Å². The summed E-state index contributed by atoms with van der Waals surface area (Å²) >= 11 is 1.43. The van der Waals surface area contributed by atoms with Crippen LogP contribution in [-0.2, 0) is 16.0 Å². The number of aromatic nitrogens is 1. The average Bonchev–Trinajstić information content (AvgIpc) is 2.86. The third-order valence-corrected chi connectivity index (χ3v) is 3.26. The average molecular weight is 278 g/mol. The molecule has 0 unspecified atom stereocenters. The number of methoxy groups -OCH3 is 2. The molecule has 100 valence electrons. The third kappa shape index (κ3) is 3.45. The van der Waals surface area contributed by atoms with Gasteiger partial charge in [0.25, 0.3) is 0 Å². The minimum atomic E-state index is -0.297. The number of carbonyl (C=O) groups is 1. The lowest BCUT2D eigenvalue weighted by Gasteiger charge is -2.07. The molecule has 1 aromatic carbocycles. The summed E-state index contributed by atoms with van der Waals surface area (Å²) in [4.78, 5) is 15.5. The number of rotatable bonds is 5. The Morgan fingerprint density at radius 3 is 2.89 bits per heavy atom. The monoisotopic (exact) mass is 278 g/mol. The summed E-state index contributed by atoms with van der Waals surface area (Å²) in [6.07, 6.45) is 0.181. The second kappa shape index (κ2) is 6.19. The number of esters is 1. The number of thiazole rings is 1. The van der Waals surface area contributed by atoms with Gasteiger partial charge in [-0.15, -0.1) is 11.3 Å². The predicted molar refractivity (Wildman–Crippen MR) is 74.1 cm³/mol. The Kier molecular flexibility index (Phi) is 4.35. The molecule has 0 saturated carbocycles. The van der Waals surface area contributed by atoms with Crippen molar-refractivity contribution in [3.8, 4) is 5.75 Å². The molecule has 0 aliphatic carbocycles. The number of benzene rings is 1. The van der Waals surface area contributed by atoms with Gasteiger partial charge in [0.15, 0.2) is 5.13 Å². The maximum atomic E-state index is 11.2. The first kappa shape index (κ1) is 13.4. The summed E-state index contributed by atoms with van der Waals surface area (Å²) < 4.78 is 9.85. The molecule has 2 aromatic rings. The molecule has 0 bridgehead atoms. The Bertz CT molecular complexity index is 569. The highest BCUT2D eigenvalue weighted by atomic mass is 32.1. The van der Waals surface area contributed by atoms with Gasteiger partial charge in [0.05, 0.1) is 32.0 Å². The highest BCUT2D eigenvalue weighted by molar-refractivity contribution is 7.13. The lowest BCUT2D eigenvalue weighted by Crippen LogP contribution is -2.04. The molecule has 6 heteroatoms. The van der Waals surface area contributed by atoms with Crippen LogP contribution in [0, 0.1) is 0 Å². The molecule has 0 aliphatic rings. The number of ether oxygens (including phenoxy) is 2. The molecule has 0 spiro atoms. The molecule has 0 atom stereocenters. The zero-order valence-electron chi connectivity index (χ0n) is 10.7. The van der Waals surface area contributed by atoms with E-state index >= 15 is 0 Å². The summed E-state index contributed by atoms with van der Waals surface area (Å²) in [7, 11) is 2.98. The van der Waals surface area contributed by atoms with Crippen LogP contribution in [0.15, 0.2) is 29.6 Å². The van der Waals surface area contributed by atoms with E-state index in [1.165, 1.54) is 18.4 Å². The van der Waals surface area contributed by atoms with Crippen LogP contribution in [0.5, 0.6) is 5.75 Å². The van der Waals surface area contributed by atoms with E-state index in [1.807, 2.05) is 29.6 Å². The largest absolute Gasteiger partial charge is 0.495 e. The van der Waals surface area contributed by atoms with Crippen molar-refractivity contribution in [2.75, 3.05) is 19.5 Å². The standard InChI is InChI=1S/C13H14N2O3S/c1-17-11-6-4-3-5-10(11)15-13-14-9(8-19-13)7-12(16)18-2/h3-6,8H,7H2,1-2H3,(H,14,15). The third-order valence-electron chi connectivity index (χ3n) is 2.45. The Hall–Kier alpha value is -2.08. The predicted octanol–water partition coefficient (Wildman–Crippen LogP) is 2.61. The number of nitrogens with zero attached hydrogens (tertiary/aromatic N) is 1. The van der Waals surface area contributed by atoms with E-state index in [9.17, 15) is 4.79 Å². The number of para-hydroxylation sites is 2. The minimum absolute atomic E-state index is 0.181. The highest BCUT2D eigenvalue weighted by Crippen LogP contribution is 2.28. The van der Waals surface area contributed by atoms with Crippen molar-refractivity contribution < 1.29 is 14.3 Å². The lowest BCUT2D eigenvalue weighted by molar-refractivity contribution is -0.139. The summed E-state index contributed by atoms with van der Waals surface area (Å²) in [5.74, 6) is 0.446. The number of nitrogens with one attached hydrogen (secondary N) is 1. The molecule has 0 amide bonds. The van der Waals surface area contributed by atoms with Crippen molar-refractivity contribution in [2.24, 2.45) is 0 Å². The Morgan fingerprint density at radius 2 is 2.16 bits per heavy atom. The SMILES string of the molecule is COC(=O)Cc1csc(Nc2ccccc2OC)n1. The van der Waals surface area contributed by atoms with Gasteiger partial charge in [-0.2, -0.15) is 0 Å². The van der Waals surface area contributed by atoms with Crippen molar-refractivity contribution in [2.45, 2.75) is 6.42 Å². The summed E-state index contributed by atoms with van der Waals surface area (Å²) in [5.41, 5.74) is 1.53. The van der Waals surface area contributed by atoms with E-state index in [0.29, 0.717) is 10.8 Å². The molecule has 1 aromatic heterocycles.